The molecule has 4 nitrogen and oxygen atoms in total. The van der Waals surface area contributed by atoms with Gasteiger partial charge < -0.3 is 10.0 Å². The van der Waals surface area contributed by atoms with Gasteiger partial charge in [-0.15, -0.1) is 0 Å². The maximum Gasteiger partial charge on any atom is 0.335 e. The Kier molecular flexibility index (Phi) is 4.65. The maximum absolute atomic E-state index is 12.5. The Hall–Kier alpha value is -2.62. The smallest absolute Gasteiger partial charge is 0.335 e. The highest BCUT2D eigenvalue weighted by atomic mass is 16.4. The maximum atomic E-state index is 12.5. The lowest BCUT2D eigenvalue weighted by atomic mass is 9.97. The standard InChI is InChI=1S/C20H21NO3/c1-14-13-17(20(23)24)9-10-18(14)15-5-7-16(8-6-15)19(22)21-11-3-2-4-12-21/h5-10,13H,2-4,11-12H2,1H3,(H,23,24). The summed E-state index contributed by atoms with van der Waals surface area (Å²) in [4.78, 5) is 25.4. The number of aryl methyl sites for hydroxylation is 1. The Morgan fingerprint density at radius 2 is 1.54 bits per heavy atom. The molecule has 0 unspecified atom stereocenters. The molecule has 1 N–H and O–H groups in total. The highest BCUT2D eigenvalue weighted by Crippen LogP contribution is 2.25. The van der Waals surface area contributed by atoms with E-state index < -0.39 is 5.97 Å². The van der Waals surface area contributed by atoms with Crippen LogP contribution in [0.4, 0.5) is 0 Å². The summed E-state index contributed by atoms with van der Waals surface area (Å²) in [6.45, 7) is 3.58. The minimum absolute atomic E-state index is 0.0965. The molecule has 1 aliphatic heterocycles. The lowest BCUT2D eigenvalue weighted by molar-refractivity contribution is 0.0694. The first-order valence-corrected chi connectivity index (χ1v) is 8.30. The molecule has 0 spiro atoms. The van der Waals surface area contributed by atoms with E-state index in [1.165, 1.54) is 6.42 Å². The molecule has 0 aromatic heterocycles. The van der Waals surface area contributed by atoms with Crippen LogP contribution in [0.2, 0.25) is 0 Å². The van der Waals surface area contributed by atoms with E-state index in [1.807, 2.05) is 42.2 Å². The van der Waals surface area contributed by atoms with Gasteiger partial charge in [-0.2, -0.15) is 0 Å². The number of carbonyl (C=O) groups excluding carboxylic acids is 1. The molecule has 3 rings (SSSR count). The highest BCUT2D eigenvalue weighted by molar-refractivity contribution is 5.95. The highest BCUT2D eigenvalue weighted by Gasteiger charge is 2.18. The van der Waals surface area contributed by atoms with Crippen LogP contribution in [0.3, 0.4) is 0 Å². The number of hydrogen-bond acceptors (Lipinski definition) is 2. The second-order valence-corrected chi connectivity index (χ2v) is 6.27. The summed E-state index contributed by atoms with van der Waals surface area (Å²) in [6, 6.07) is 12.7. The zero-order valence-corrected chi connectivity index (χ0v) is 13.8. The Balaban J connectivity index is 1.81. The first-order valence-electron chi connectivity index (χ1n) is 8.30. The normalized spacial score (nSPS) is 14.5. The lowest BCUT2D eigenvalue weighted by Crippen LogP contribution is -2.35. The van der Waals surface area contributed by atoms with Gasteiger partial charge in [0.15, 0.2) is 0 Å². The number of carbonyl (C=O) groups is 2. The number of amides is 1. The van der Waals surface area contributed by atoms with Crippen molar-refractivity contribution in [3.8, 4) is 11.1 Å². The van der Waals surface area contributed by atoms with Gasteiger partial charge in [-0.3, -0.25) is 4.79 Å². The lowest BCUT2D eigenvalue weighted by Gasteiger charge is -2.26. The monoisotopic (exact) mass is 323 g/mol. The van der Waals surface area contributed by atoms with Crippen LogP contribution < -0.4 is 0 Å². The van der Waals surface area contributed by atoms with E-state index in [1.54, 1.807) is 12.1 Å². The molecule has 1 heterocycles. The number of aromatic carboxylic acids is 1. The molecule has 0 bridgehead atoms. The Bertz CT molecular complexity index is 759. The van der Waals surface area contributed by atoms with E-state index >= 15 is 0 Å². The van der Waals surface area contributed by atoms with Gasteiger partial charge in [-0.25, -0.2) is 4.79 Å². The summed E-state index contributed by atoms with van der Waals surface area (Å²) in [5.74, 6) is -0.827. The summed E-state index contributed by atoms with van der Waals surface area (Å²) in [7, 11) is 0. The van der Waals surface area contributed by atoms with Crippen molar-refractivity contribution >= 4 is 11.9 Å². The molecule has 1 fully saturated rings. The Labute approximate surface area is 141 Å². The first kappa shape index (κ1) is 16.2. The minimum atomic E-state index is -0.924. The number of rotatable bonds is 3. The molecule has 0 aliphatic carbocycles. The van der Waals surface area contributed by atoms with E-state index in [2.05, 4.69) is 0 Å². The van der Waals surface area contributed by atoms with Crippen molar-refractivity contribution in [2.75, 3.05) is 13.1 Å². The number of piperidine rings is 1. The molecule has 0 saturated carbocycles. The van der Waals surface area contributed by atoms with E-state index in [0.29, 0.717) is 5.56 Å². The third kappa shape index (κ3) is 3.32. The van der Waals surface area contributed by atoms with Crippen LogP contribution in [-0.2, 0) is 0 Å². The molecule has 1 amide bonds. The molecule has 2 aromatic rings. The van der Waals surface area contributed by atoms with Crippen LogP contribution in [0.1, 0.15) is 45.5 Å². The third-order valence-electron chi connectivity index (χ3n) is 4.56. The van der Waals surface area contributed by atoms with Gasteiger partial charge >= 0.3 is 5.97 Å². The van der Waals surface area contributed by atoms with Crippen LogP contribution in [0.25, 0.3) is 11.1 Å². The van der Waals surface area contributed by atoms with Gasteiger partial charge in [0.1, 0.15) is 0 Å². The number of carboxylic acid groups (broad SMARTS) is 1. The predicted octanol–water partition coefficient (Wildman–Crippen LogP) is 3.99. The Morgan fingerprint density at radius 1 is 0.917 bits per heavy atom. The van der Waals surface area contributed by atoms with E-state index in [9.17, 15) is 9.59 Å². The van der Waals surface area contributed by atoms with Crippen LogP contribution >= 0.6 is 0 Å². The number of nitrogens with zero attached hydrogens (tertiary/aromatic N) is 1. The Morgan fingerprint density at radius 3 is 2.12 bits per heavy atom. The summed E-state index contributed by atoms with van der Waals surface area (Å²) in [5, 5.41) is 9.05. The second kappa shape index (κ2) is 6.87. The van der Waals surface area contributed by atoms with Crippen LogP contribution in [0.5, 0.6) is 0 Å². The summed E-state index contributed by atoms with van der Waals surface area (Å²) in [5.41, 5.74) is 3.87. The quantitative estimate of drug-likeness (QED) is 0.929. The van der Waals surface area contributed by atoms with Crippen LogP contribution in [0, 0.1) is 6.92 Å². The van der Waals surface area contributed by atoms with E-state index in [0.717, 1.165) is 42.6 Å². The predicted molar refractivity (Wildman–Crippen MR) is 93.3 cm³/mol. The minimum Gasteiger partial charge on any atom is -0.478 e. The molecular formula is C20H21NO3. The fourth-order valence-electron chi connectivity index (χ4n) is 3.19. The summed E-state index contributed by atoms with van der Waals surface area (Å²) < 4.78 is 0. The van der Waals surface area contributed by atoms with Crippen molar-refractivity contribution in [3.05, 3.63) is 59.2 Å². The third-order valence-corrected chi connectivity index (χ3v) is 4.56. The SMILES string of the molecule is Cc1cc(C(=O)O)ccc1-c1ccc(C(=O)N2CCCCC2)cc1. The van der Waals surface area contributed by atoms with Gasteiger partial charge in [0, 0.05) is 18.7 Å². The zero-order valence-electron chi connectivity index (χ0n) is 13.8. The van der Waals surface area contributed by atoms with Crippen molar-refractivity contribution in [2.45, 2.75) is 26.2 Å². The molecule has 1 saturated heterocycles. The van der Waals surface area contributed by atoms with Gasteiger partial charge in [0.05, 0.1) is 5.56 Å². The first-order chi connectivity index (χ1) is 11.6. The molecular weight excluding hydrogens is 302 g/mol. The molecule has 1 aliphatic rings. The number of benzene rings is 2. The summed E-state index contributed by atoms with van der Waals surface area (Å²) in [6.07, 6.45) is 3.37. The summed E-state index contributed by atoms with van der Waals surface area (Å²) >= 11 is 0. The van der Waals surface area contributed by atoms with Crippen molar-refractivity contribution in [1.29, 1.82) is 0 Å². The number of likely N-dealkylation sites (tertiary alicyclic amines) is 1. The van der Waals surface area contributed by atoms with Crippen molar-refractivity contribution < 1.29 is 14.7 Å². The molecule has 2 aromatic carbocycles. The van der Waals surface area contributed by atoms with Gasteiger partial charge in [-0.1, -0.05) is 18.2 Å². The van der Waals surface area contributed by atoms with Crippen molar-refractivity contribution in [1.82, 2.24) is 4.90 Å². The average Bonchev–Trinajstić information content (AvgIpc) is 2.62. The van der Waals surface area contributed by atoms with Gasteiger partial charge in [-0.05, 0) is 67.1 Å². The number of carboxylic acids is 1. The fraction of sp³-hybridized carbons (Fsp3) is 0.300. The fourth-order valence-corrected chi connectivity index (χ4v) is 3.19. The largest absolute Gasteiger partial charge is 0.478 e. The zero-order chi connectivity index (χ0) is 17.1. The molecule has 124 valence electrons. The van der Waals surface area contributed by atoms with Crippen LogP contribution in [-0.4, -0.2) is 35.0 Å². The van der Waals surface area contributed by atoms with E-state index in [4.69, 9.17) is 5.11 Å². The number of hydrogen-bond donors (Lipinski definition) is 1. The molecule has 0 atom stereocenters. The van der Waals surface area contributed by atoms with Gasteiger partial charge in [0.25, 0.3) is 5.91 Å². The van der Waals surface area contributed by atoms with E-state index in [-0.39, 0.29) is 11.5 Å². The van der Waals surface area contributed by atoms with Crippen molar-refractivity contribution in [2.24, 2.45) is 0 Å². The molecule has 24 heavy (non-hydrogen) atoms. The second-order valence-electron chi connectivity index (χ2n) is 6.27. The topological polar surface area (TPSA) is 57.6 Å². The van der Waals surface area contributed by atoms with Gasteiger partial charge in [0.2, 0.25) is 0 Å². The average molecular weight is 323 g/mol. The van der Waals surface area contributed by atoms with Crippen molar-refractivity contribution in [3.63, 3.8) is 0 Å². The van der Waals surface area contributed by atoms with Crippen LogP contribution in [0.15, 0.2) is 42.5 Å². The molecule has 4 heteroatoms. The molecule has 0 radical (unpaired) electrons.